The molecule has 22 heavy (non-hydrogen) atoms. The summed E-state index contributed by atoms with van der Waals surface area (Å²) in [6.07, 6.45) is 2.59. The van der Waals surface area contributed by atoms with Gasteiger partial charge in [0.15, 0.2) is 0 Å². The van der Waals surface area contributed by atoms with Crippen LogP contribution in [0.5, 0.6) is 0 Å². The Balaban J connectivity index is 0.000000344. The molecule has 0 aliphatic heterocycles. The van der Waals surface area contributed by atoms with Crippen LogP contribution in [0.1, 0.15) is 16.7 Å². The number of nitrogens with zero attached hydrogens (tertiary/aromatic N) is 1. The van der Waals surface area contributed by atoms with Crippen molar-refractivity contribution in [1.82, 2.24) is 0 Å². The van der Waals surface area contributed by atoms with Gasteiger partial charge in [0, 0.05) is 6.42 Å². The van der Waals surface area contributed by atoms with Gasteiger partial charge in [-0.2, -0.15) is 40.7 Å². The quantitative estimate of drug-likeness (QED) is 0.504. The van der Waals surface area contributed by atoms with Crippen molar-refractivity contribution in [3.63, 3.8) is 0 Å². The predicted octanol–water partition coefficient (Wildman–Crippen LogP) is 4.66. The molecule has 0 saturated heterocycles. The standard InChI is InChI=1S/C15H14N.C5H5.Fe/c16-12-11-15-8-4-7-14(15)10-9-13-5-2-1-3-6-13;1-2-4-5-3-1;/h1-8H,9-11H2;1-5H;/q2*-1;+2. The molecule has 3 rings (SSSR count). The van der Waals surface area contributed by atoms with Crippen LogP contribution >= 0.6 is 0 Å². The molecule has 0 aromatic heterocycles. The van der Waals surface area contributed by atoms with Crippen LogP contribution in [0, 0.1) is 11.3 Å². The fourth-order valence-corrected chi connectivity index (χ4v) is 2.24. The Labute approximate surface area is 143 Å². The third kappa shape index (κ3) is 6.14. The Bertz CT molecular complexity index is 627. The van der Waals surface area contributed by atoms with Crippen LogP contribution in [0.4, 0.5) is 0 Å². The molecule has 112 valence electrons. The fraction of sp³-hybridized carbons (Fsp3) is 0.150. The van der Waals surface area contributed by atoms with E-state index in [9.17, 15) is 0 Å². The third-order valence-electron chi connectivity index (χ3n) is 3.36. The van der Waals surface area contributed by atoms with E-state index in [1.165, 1.54) is 16.7 Å². The first-order chi connectivity index (χ1) is 10.4. The van der Waals surface area contributed by atoms with Gasteiger partial charge in [-0.1, -0.05) is 36.8 Å². The van der Waals surface area contributed by atoms with Crippen molar-refractivity contribution in [1.29, 1.82) is 5.26 Å². The molecule has 0 aliphatic rings. The van der Waals surface area contributed by atoms with Gasteiger partial charge in [0.1, 0.15) is 0 Å². The summed E-state index contributed by atoms with van der Waals surface area (Å²) in [6.45, 7) is 0. The van der Waals surface area contributed by atoms with Crippen LogP contribution in [0.2, 0.25) is 0 Å². The molecular formula is C20H19FeN. The molecule has 0 N–H and O–H groups in total. The summed E-state index contributed by atoms with van der Waals surface area (Å²) in [5.74, 6) is 0. The second-order valence-electron chi connectivity index (χ2n) is 4.86. The van der Waals surface area contributed by atoms with E-state index >= 15 is 0 Å². The van der Waals surface area contributed by atoms with E-state index in [1.807, 2.05) is 48.5 Å². The van der Waals surface area contributed by atoms with Gasteiger partial charge in [-0.05, 0) is 12.0 Å². The van der Waals surface area contributed by atoms with Crippen molar-refractivity contribution in [3.8, 4) is 6.07 Å². The maximum Gasteiger partial charge on any atom is 2.00 e. The van der Waals surface area contributed by atoms with E-state index in [-0.39, 0.29) is 17.1 Å². The molecule has 1 nitrogen and oxygen atoms in total. The van der Waals surface area contributed by atoms with E-state index in [0.29, 0.717) is 6.42 Å². The van der Waals surface area contributed by atoms with E-state index < -0.39 is 0 Å². The van der Waals surface area contributed by atoms with E-state index in [2.05, 4.69) is 36.4 Å². The summed E-state index contributed by atoms with van der Waals surface area (Å²) >= 11 is 0. The molecule has 0 amide bonds. The fourth-order valence-electron chi connectivity index (χ4n) is 2.24. The predicted molar refractivity (Wildman–Crippen MR) is 87.2 cm³/mol. The molecule has 3 aromatic rings. The Morgan fingerprint density at radius 3 is 2.27 bits per heavy atom. The maximum atomic E-state index is 8.70. The SMILES string of the molecule is N#CCc1ccc[c-]1CCc1ccccc1.[Fe+2].c1cc[cH-]c1. The van der Waals surface area contributed by atoms with Crippen molar-refractivity contribution in [3.05, 3.63) is 95.6 Å². The normalized spacial score (nSPS) is 9.05. The zero-order valence-electron chi connectivity index (χ0n) is 12.4. The Morgan fingerprint density at radius 1 is 0.955 bits per heavy atom. The summed E-state index contributed by atoms with van der Waals surface area (Å²) in [5, 5.41) is 8.70. The van der Waals surface area contributed by atoms with E-state index in [1.54, 1.807) is 0 Å². The zero-order valence-corrected chi connectivity index (χ0v) is 13.5. The summed E-state index contributed by atoms with van der Waals surface area (Å²) in [7, 11) is 0. The Morgan fingerprint density at radius 2 is 1.68 bits per heavy atom. The molecular weight excluding hydrogens is 310 g/mol. The molecule has 0 saturated carbocycles. The summed E-state index contributed by atoms with van der Waals surface area (Å²) in [4.78, 5) is 0. The van der Waals surface area contributed by atoms with Crippen molar-refractivity contribution in [2.75, 3.05) is 0 Å². The molecule has 2 heteroatoms. The second kappa shape index (κ2) is 10.6. The summed E-state index contributed by atoms with van der Waals surface area (Å²) < 4.78 is 0. The largest absolute Gasteiger partial charge is 2.00 e. The molecule has 0 heterocycles. The van der Waals surface area contributed by atoms with Gasteiger partial charge in [-0.3, -0.25) is 0 Å². The first-order valence-electron chi connectivity index (χ1n) is 7.21. The van der Waals surface area contributed by atoms with Crippen molar-refractivity contribution in [2.24, 2.45) is 0 Å². The van der Waals surface area contributed by atoms with Gasteiger partial charge in [-0.15, -0.1) is 0 Å². The van der Waals surface area contributed by atoms with Gasteiger partial charge in [-0.25, -0.2) is 24.3 Å². The molecule has 0 spiro atoms. The summed E-state index contributed by atoms with van der Waals surface area (Å²) in [6, 6.07) is 28.9. The molecule has 0 radical (unpaired) electrons. The third-order valence-corrected chi connectivity index (χ3v) is 3.36. The summed E-state index contributed by atoms with van der Waals surface area (Å²) in [5.41, 5.74) is 3.84. The van der Waals surface area contributed by atoms with Gasteiger partial charge >= 0.3 is 17.1 Å². The molecule has 0 atom stereocenters. The molecule has 0 fully saturated rings. The second-order valence-corrected chi connectivity index (χ2v) is 4.86. The molecule has 0 aliphatic carbocycles. The molecule has 3 aromatic carbocycles. The average Bonchev–Trinajstić information content (AvgIpc) is 3.22. The van der Waals surface area contributed by atoms with Crippen LogP contribution in [0.3, 0.4) is 0 Å². The topological polar surface area (TPSA) is 23.8 Å². The number of rotatable bonds is 4. The van der Waals surface area contributed by atoms with Crippen molar-refractivity contribution < 1.29 is 17.1 Å². The van der Waals surface area contributed by atoms with Crippen LogP contribution in [-0.4, -0.2) is 0 Å². The van der Waals surface area contributed by atoms with Crippen LogP contribution in [-0.2, 0) is 36.3 Å². The number of nitriles is 1. The molecule has 0 unspecified atom stereocenters. The number of hydrogen-bond donors (Lipinski definition) is 0. The minimum Gasteiger partial charge on any atom is -0.214 e. The average molecular weight is 329 g/mol. The van der Waals surface area contributed by atoms with Crippen LogP contribution in [0.15, 0.2) is 78.9 Å². The van der Waals surface area contributed by atoms with E-state index in [0.717, 1.165) is 12.8 Å². The van der Waals surface area contributed by atoms with Crippen molar-refractivity contribution in [2.45, 2.75) is 19.3 Å². The minimum absolute atomic E-state index is 0. The number of benzene rings is 1. The molecule has 0 bridgehead atoms. The minimum atomic E-state index is 0. The van der Waals surface area contributed by atoms with Crippen LogP contribution < -0.4 is 0 Å². The number of aryl methyl sites for hydroxylation is 2. The maximum absolute atomic E-state index is 8.70. The first kappa shape index (κ1) is 18.0. The van der Waals surface area contributed by atoms with Gasteiger partial charge in [0.05, 0.1) is 6.07 Å². The van der Waals surface area contributed by atoms with Crippen LogP contribution in [0.25, 0.3) is 0 Å². The van der Waals surface area contributed by atoms with Gasteiger partial charge < -0.3 is 0 Å². The van der Waals surface area contributed by atoms with E-state index in [4.69, 9.17) is 5.26 Å². The van der Waals surface area contributed by atoms with Gasteiger partial charge in [0.25, 0.3) is 0 Å². The monoisotopic (exact) mass is 329 g/mol. The Kier molecular flexibility index (Phi) is 8.68. The Hall–Kier alpha value is -2.07. The zero-order chi connectivity index (χ0) is 14.8. The number of hydrogen-bond acceptors (Lipinski definition) is 1. The first-order valence-corrected chi connectivity index (χ1v) is 7.21. The van der Waals surface area contributed by atoms with Gasteiger partial charge in [0.2, 0.25) is 0 Å². The smallest absolute Gasteiger partial charge is 0.214 e. The van der Waals surface area contributed by atoms with Crippen molar-refractivity contribution >= 4 is 0 Å².